The van der Waals surface area contributed by atoms with Crippen molar-refractivity contribution in [2.75, 3.05) is 5.32 Å². The Morgan fingerprint density at radius 1 is 0.935 bits per heavy atom. The molecule has 0 aliphatic carbocycles. The molecule has 0 aliphatic rings. The molecule has 0 saturated heterocycles. The molecule has 3 aromatic carbocycles. The smallest absolute Gasteiger partial charge is 0.336 e. The van der Waals surface area contributed by atoms with Gasteiger partial charge in [-0.1, -0.05) is 6.07 Å². The molecule has 0 radical (unpaired) electrons. The molecule has 3 aromatic rings. The molecule has 0 bridgehead atoms. The molecule has 0 fully saturated rings. The Morgan fingerprint density at radius 3 is 2.16 bits per heavy atom. The van der Waals surface area contributed by atoms with Crippen LogP contribution in [0, 0.1) is 12.7 Å². The fourth-order valence-electron chi connectivity index (χ4n) is 3.18. The van der Waals surface area contributed by atoms with Gasteiger partial charge in [0.15, 0.2) is 11.1 Å². The van der Waals surface area contributed by atoms with E-state index in [1.807, 2.05) is 0 Å². The maximum absolute atomic E-state index is 13.2. The highest BCUT2D eigenvalue weighted by atomic mass is 32.2. The number of rotatable bonds is 7. The molecular formula is C22H18FNO6S. The van der Waals surface area contributed by atoms with Crippen molar-refractivity contribution in [2.45, 2.75) is 12.7 Å². The van der Waals surface area contributed by atoms with Gasteiger partial charge in [-0.2, -0.15) is 0 Å². The molecule has 160 valence electrons. The van der Waals surface area contributed by atoms with Crippen LogP contribution in [-0.4, -0.2) is 30.9 Å². The molecule has 0 spiro atoms. The van der Waals surface area contributed by atoms with Gasteiger partial charge in [-0.3, -0.25) is 0 Å². The van der Waals surface area contributed by atoms with Gasteiger partial charge in [0.25, 0.3) is 0 Å². The van der Waals surface area contributed by atoms with Crippen LogP contribution in [0.1, 0.15) is 31.8 Å². The number of nitrogens with one attached hydrogen (secondary N) is 1. The van der Waals surface area contributed by atoms with Gasteiger partial charge in [0.05, 0.1) is 16.9 Å². The lowest BCUT2D eigenvalue weighted by molar-refractivity contribution is 0.0695. The van der Waals surface area contributed by atoms with E-state index in [1.165, 1.54) is 30.3 Å². The zero-order valence-electron chi connectivity index (χ0n) is 16.3. The van der Waals surface area contributed by atoms with Crippen molar-refractivity contribution in [3.05, 3.63) is 82.7 Å². The highest BCUT2D eigenvalue weighted by molar-refractivity contribution is 7.78. The van der Waals surface area contributed by atoms with Crippen LogP contribution < -0.4 is 5.32 Å². The minimum Gasteiger partial charge on any atom is -0.478 e. The van der Waals surface area contributed by atoms with Gasteiger partial charge in [0, 0.05) is 16.9 Å². The predicted molar refractivity (Wildman–Crippen MR) is 115 cm³/mol. The number of carboxylic acids is 2. The van der Waals surface area contributed by atoms with Crippen LogP contribution in [0.2, 0.25) is 0 Å². The number of hydrogen-bond donors (Lipinski definition) is 4. The van der Waals surface area contributed by atoms with Gasteiger partial charge in [-0.15, -0.1) is 0 Å². The van der Waals surface area contributed by atoms with E-state index in [-0.39, 0.29) is 22.4 Å². The predicted octanol–water partition coefficient (Wildman–Crippen LogP) is 4.66. The monoisotopic (exact) mass is 443 g/mol. The van der Waals surface area contributed by atoms with E-state index in [4.69, 9.17) is 0 Å². The van der Waals surface area contributed by atoms with Gasteiger partial charge < -0.3 is 20.1 Å². The SMILES string of the molecule is Cc1cc(-c2cc(CS(=O)O)ccc2Nc2ccc(F)cc2)c(C(=O)O)cc1C(=O)O. The van der Waals surface area contributed by atoms with Crippen LogP contribution in [-0.2, 0) is 16.8 Å². The summed E-state index contributed by atoms with van der Waals surface area (Å²) in [4.78, 5) is 23.4. The van der Waals surface area contributed by atoms with Crippen molar-refractivity contribution in [3.8, 4) is 11.1 Å². The summed E-state index contributed by atoms with van der Waals surface area (Å²) in [6.45, 7) is 1.55. The summed E-state index contributed by atoms with van der Waals surface area (Å²) in [6.07, 6.45) is 0. The number of benzene rings is 3. The number of anilines is 2. The number of carboxylic acid groups (broad SMARTS) is 2. The van der Waals surface area contributed by atoms with Crippen LogP contribution in [0.25, 0.3) is 11.1 Å². The van der Waals surface area contributed by atoms with Crippen LogP contribution in [0.15, 0.2) is 54.6 Å². The largest absolute Gasteiger partial charge is 0.478 e. The average molecular weight is 443 g/mol. The Hall–Kier alpha value is -3.56. The van der Waals surface area contributed by atoms with Crippen LogP contribution >= 0.6 is 0 Å². The zero-order valence-corrected chi connectivity index (χ0v) is 17.1. The molecule has 4 N–H and O–H groups in total. The van der Waals surface area contributed by atoms with Crippen LogP contribution in [0.5, 0.6) is 0 Å². The summed E-state index contributed by atoms with van der Waals surface area (Å²) in [5.41, 5.74) is 2.11. The second-order valence-electron chi connectivity index (χ2n) is 6.80. The van der Waals surface area contributed by atoms with Crippen molar-refractivity contribution in [1.82, 2.24) is 0 Å². The first-order valence-corrected chi connectivity index (χ1v) is 10.3. The first-order chi connectivity index (χ1) is 14.7. The standard InChI is InChI=1S/C22H18FNO6S/c1-12-8-17(19(22(27)28)10-16(12)21(25)26)18-9-13(11-31(29)30)2-7-20(18)24-15-5-3-14(23)4-6-15/h2-10,24H,11H2,1H3,(H,25,26)(H,27,28)(H,29,30). The van der Waals surface area contributed by atoms with Crippen molar-refractivity contribution < 1.29 is 33.0 Å². The summed E-state index contributed by atoms with van der Waals surface area (Å²) in [5, 5.41) is 22.1. The number of hydrogen-bond acceptors (Lipinski definition) is 4. The first-order valence-electron chi connectivity index (χ1n) is 9.00. The van der Waals surface area contributed by atoms with Gasteiger partial charge in [-0.25, -0.2) is 18.2 Å². The van der Waals surface area contributed by atoms with Crippen LogP contribution in [0.4, 0.5) is 15.8 Å². The van der Waals surface area contributed by atoms with Crippen molar-refractivity contribution >= 4 is 34.4 Å². The minimum atomic E-state index is -2.11. The molecule has 31 heavy (non-hydrogen) atoms. The van der Waals surface area contributed by atoms with E-state index >= 15 is 0 Å². The minimum absolute atomic E-state index is 0.137. The molecule has 0 heterocycles. The van der Waals surface area contributed by atoms with Gasteiger partial charge in [-0.05, 0) is 72.1 Å². The number of aromatic carboxylic acids is 2. The third-order valence-corrected chi connectivity index (χ3v) is 5.19. The molecule has 0 amide bonds. The number of halogens is 1. The third-order valence-electron chi connectivity index (χ3n) is 4.61. The zero-order chi connectivity index (χ0) is 22.7. The average Bonchev–Trinajstić information content (AvgIpc) is 2.69. The maximum atomic E-state index is 13.2. The molecule has 0 aromatic heterocycles. The van der Waals surface area contributed by atoms with E-state index in [1.54, 1.807) is 25.1 Å². The Bertz CT molecular complexity index is 1190. The molecule has 7 nitrogen and oxygen atoms in total. The summed E-state index contributed by atoms with van der Waals surface area (Å²) in [7, 11) is 0. The number of aryl methyl sites for hydroxylation is 1. The molecule has 1 atom stereocenters. The lowest BCUT2D eigenvalue weighted by Gasteiger charge is -2.17. The molecule has 9 heteroatoms. The quantitative estimate of drug-likeness (QED) is 0.392. The second-order valence-corrected chi connectivity index (χ2v) is 7.73. The Labute approximate surface area is 179 Å². The van der Waals surface area contributed by atoms with Crippen LogP contribution in [0.3, 0.4) is 0 Å². The highest BCUT2D eigenvalue weighted by Crippen LogP contribution is 2.35. The fourth-order valence-corrected chi connectivity index (χ4v) is 3.65. The Balaban J connectivity index is 2.22. The Kier molecular flexibility index (Phi) is 6.47. The summed E-state index contributed by atoms with van der Waals surface area (Å²) < 4.78 is 33.8. The lowest BCUT2D eigenvalue weighted by Crippen LogP contribution is -2.08. The van der Waals surface area contributed by atoms with Crippen molar-refractivity contribution in [3.63, 3.8) is 0 Å². The van der Waals surface area contributed by atoms with Crippen molar-refractivity contribution in [1.29, 1.82) is 0 Å². The molecule has 0 aliphatic heterocycles. The van der Waals surface area contributed by atoms with Gasteiger partial charge in [0.1, 0.15) is 5.82 Å². The van der Waals surface area contributed by atoms with Crippen molar-refractivity contribution in [2.24, 2.45) is 0 Å². The summed E-state index contributed by atoms with van der Waals surface area (Å²) in [5.74, 6) is -3.15. The molecular weight excluding hydrogens is 425 g/mol. The molecule has 3 rings (SSSR count). The summed E-state index contributed by atoms with van der Waals surface area (Å²) in [6, 6.07) is 12.9. The van der Waals surface area contributed by atoms with E-state index in [2.05, 4.69) is 5.32 Å². The second kappa shape index (κ2) is 9.07. The molecule has 0 saturated carbocycles. The maximum Gasteiger partial charge on any atom is 0.336 e. The van der Waals surface area contributed by atoms with E-state index in [9.17, 15) is 33.0 Å². The number of carbonyl (C=O) groups is 2. The summed E-state index contributed by atoms with van der Waals surface area (Å²) >= 11 is -2.11. The normalized spacial score (nSPS) is 11.7. The first kappa shape index (κ1) is 22.1. The van der Waals surface area contributed by atoms with Gasteiger partial charge >= 0.3 is 11.9 Å². The fraction of sp³-hybridized carbons (Fsp3) is 0.0909. The Morgan fingerprint density at radius 2 is 1.58 bits per heavy atom. The van der Waals surface area contributed by atoms with E-state index < -0.39 is 28.8 Å². The van der Waals surface area contributed by atoms with E-state index in [0.717, 1.165) is 6.07 Å². The molecule has 1 unspecified atom stereocenters. The lowest BCUT2D eigenvalue weighted by atomic mass is 9.92. The topological polar surface area (TPSA) is 124 Å². The third kappa shape index (κ3) is 5.14. The van der Waals surface area contributed by atoms with Gasteiger partial charge in [0.2, 0.25) is 0 Å². The highest BCUT2D eigenvalue weighted by Gasteiger charge is 2.20. The van der Waals surface area contributed by atoms with E-state index in [0.29, 0.717) is 28.1 Å².